The van der Waals surface area contributed by atoms with Crippen LogP contribution in [0, 0.1) is 6.92 Å². The van der Waals surface area contributed by atoms with Gasteiger partial charge in [-0.25, -0.2) is 0 Å². The van der Waals surface area contributed by atoms with Crippen molar-refractivity contribution in [2.75, 3.05) is 13.1 Å². The zero-order chi connectivity index (χ0) is 12.0. The van der Waals surface area contributed by atoms with Gasteiger partial charge in [0.05, 0.1) is 0 Å². The molecule has 0 aliphatic carbocycles. The number of carbonyl (C=O) groups is 1. The monoisotopic (exact) mass is 193 g/mol. The summed E-state index contributed by atoms with van der Waals surface area (Å²) in [5.41, 5.74) is 1.61. The second-order valence-corrected chi connectivity index (χ2v) is 3.11. The van der Waals surface area contributed by atoms with Crippen molar-refractivity contribution in [3.8, 4) is 0 Å². The van der Waals surface area contributed by atoms with Gasteiger partial charge in [-0.15, -0.1) is 0 Å². The lowest BCUT2D eigenvalue weighted by molar-refractivity contribution is 0.0772. The normalized spacial score (nSPS) is 11.8. The Labute approximate surface area is 88.4 Å². The number of hydrogen-bond donors (Lipinski definition) is 0. The van der Waals surface area contributed by atoms with Gasteiger partial charge in [0.1, 0.15) is 0 Å². The Morgan fingerprint density at radius 2 is 2.00 bits per heavy atom. The first-order valence-corrected chi connectivity index (χ1v) is 4.64. The van der Waals surface area contributed by atoms with Crippen molar-refractivity contribution in [3.05, 3.63) is 35.4 Å². The standard InChI is InChI=1S/C12H17NO/c1-4-13(5-2)12(14)11-9-7-6-8-10(11)3/h6-9H,4-5H2,1-3H3/i1D,2D. The molecule has 0 saturated heterocycles. The van der Waals surface area contributed by atoms with Crippen LogP contribution in [0.5, 0.6) is 0 Å². The fourth-order valence-electron chi connectivity index (χ4n) is 1.30. The maximum atomic E-state index is 12.1. The van der Waals surface area contributed by atoms with E-state index in [0.29, 0.717) is 18.7 Å². The van der Waals surface area contributed by atoms with Gasteiger partial charge in [-0.05, 0) is 32.4 Å². The lowest BCUT2D eigenvalue weighted by Gasteiger charge is -2.19. The second kappa shape index (κ2) is 4.80. The van der Waals surface area contributed by atoms with Gasteiger partial charge in [0.15, 0.2) is 0 Å². The first kappa shape index (κ1) is 8.04. The molecule has 0 atom stereocenters. The second-order valence-electron chi connectivity index (χ2n) is 3.11. The van der Waals surface area contributed by atoms with Crippen LogP contribution in [0.25, 0.3) is 0 Å². The van der Waals surface area contributed by atoms with Crippen LogP contribution in [-0.2, 0) is 0 Å². The van der Waals surface area contributed by atoms with Crippen LogP contribution in [0.15, 0.2) is 24.3 Å². The summed E-state index contributed by atoms with van der Waals surface area (Å²) in [6, 6.07) is 7.41. The van der Waals surface area contributed by atoms with Crippen molar-refractivity contribution in [1.29, 1.82) is 0 Å². The Morgan fingerprint density at radius 3 is 2.57 bits per heavy atom. The van der Waals surface area contributed by atoms with Crippen LogP contribution in [0.1, 0.15) is 32.5 Å². The number of rotatable bonds is 3. The van der Waals surface area contributed by atoms with E-state index in [9.17, 15) is 4.79 Å². The molecular weight excluding hydrogens is 174 g/mol. The third-order valence-corrected chi connectivity index (χ3v) is 2.20. The molecule has 1 rings (SSSR count). The highest BCUT2D eigenvalue weighted by atomic mass is 16.2. The average Bonchev–Trinajstić information content (AvgIpc) is 2.28. The fourth-order valence-corrected chi connectivity index (χ4v) is 1.30. The summed E-state index contributed by atoms with van der Waals surface area (Å²) < 4.78 is 14.3. The highest BCUT2D eigenvalue weighted by molar-refractivity contribution is 5.95. The Morgan fingerprint density at radius 1 is 1.36 bits per heavy atom. The highest BCUT2D eigenvalue weighted by Crippen LogP contribution is 2.10. The molecule has 76 valence electrons. The van der Waals surface area contributed by atoms with Crippen LogP contribution < -0.4 is 0 Å². The van der Waals surface area contributed by atoms with Crippen molar-refractivity contribution < 1.29 is 7.54 Å². The maximum Gasteiger partial charge on any atom is 0.254 e. The van der Waals surface area contributed by atoms with Crippen LogP contribution in [0.2, 0.25) is 0 Å². The summed E-state index contributed by atoms with van der Waals surface area (Å²) in [6.07, 6.45) is 0. The zero-order valence-corrected chi connectivity index (χ0v) is 8.49. The van der Waals surface area contributed by atoms with Crippen molar-refractivity contribution >= 4 is 5.91 Å². The molecule has 0 fully saturated rings. The number of nitrogens with zero attached hydrogens (tertiary/aromatic N) is 1. The Hall–Kier alpha value is -1.31. The van der Waals surface area contributed by atoms with Gasteiger partial charge in [0, 0.05) is 21.4 Å². The van der Waals surface area contributed by atoms with Gasteiger partial charge < -0.3 is 4.90 Å². The van der Waals surface area contributed by atoms with E-state index in [2.05, 4.69) is 0 Å². The third kappa shape index (κ3) is 2.13. The first-order valence-electron chi connectivity index (χ1n) is 6.05. The molecule has 0 aliphatic rings. The van der Waals surface area contributed by atoms with Crippen LogP contribution in [0.4, 0.5) is 0 Å². The van der Waals surface area contributed by atoms with Crippen LogP contribution >= 0.6 is 0 Å². The molecule has 0 aromatic heterocycles. The number of amides is 1. The number of benzene rings is 1. The van der Waals surface area contributed by atoms with Crippen LogP contribution in [0.3, 0.4) is 0 Å². The van der Waals surface area contributed by atoms with E-state index in [1.165, 1.54) is 0 Å². The molecule has 0 spiro atoms. The predicted octanol–water partition coefficient (Wildman–Crippen LogP) is 2.48. The van der Waals surface area contributed by atoms with Crippen LogP contribution in [-0.4, -0.2) is 23.9 Å². The molecule has 0 N–H and O–H groups in total. The summed E-state index contributed by atoms with van der Waals surface area (Å²) in [5.74, 6) is -0.0717. The van der Waals surface area contributed by atoms with E-state index in [-0.39, 0.29) is 19.7 Å². The smallest absolute Gasteiger partial charge is 0.254 e. The van der Waals surface area contributed by atoms with E-state index < -0.39 is 0 Å². The quantitative estimate of drug-likeness (QED) is 0.722. The molecule has 1 amide bonds. The average molecular weight is 193 g/mol. The predicted molar refractivity (Wildman–Crippen MR) is 58.4 cm³/mol. The topological polar surface area (TPSA) is 20.3 Å². The molecule has 0 radical (unpaired) electrons. The molecule has 0 unspecified atom stereocenters. The van der Waals surface area contributed by atoms with Crippen molar-refractivity contribution in [3.63, 3.8) is 0 Å². The molecule has 0 aliphatic heterocycles. The minimum atomic E-state index is -0.0717. The van der Waals surface area contributed by atoms with E-state index in [1.807, 2.05) is 25.1 Å². The van der Waals surface area contributed by atoms with Gasteiger partial charge in [-0.3, -0.25) is 4.79 Å². The van der Waals surface area contributed by atoms with E-state index >= 15 is 0 Å². The Kier molecular flexibility index (Phi) is 2.75. The molecule has 2 heteroatoms. The zero-order valence-electron chi connectivity index (χ0n) is 10.5. The molecule has 2 nitrogen and oxygen atoms in total. The van der Waals surface area contributed by atoms with Gasteiger partial charge in [-0.1, -0.05) is 18.2 Å². The van der Waals surface area contributed by atoms with Gasteiger partial charge in [0.25, 0.3) is 5.91 Å². The summed E-state index contributed by atoms with van der Waals surface area (Å²) >= 11 is 0. The van der Waals surface area contributed by atoms with E-state index in [1.54, 1.807) is 11.0 Å². The molecule has 0 heterocycles. The lowest BCUT2D eigenvalue weighted by Crippen LogP contribution is -2.30. The molecule has 1 aromatic rings. The summed E-state index contributed by atoms with van der Waals surface area (Å²) in [5, 5.41) is 0. The van der Waals surface area contributed by atoms with Crippen molar-refractivity contribution in [2.45, 2.75) is 20.7 Å². The maximum absolute atomic E-state index is 12.1. The summed E-state index contributed by atoms with van der Waals surface area (Å²) in [4.78, 5) is 13.7. The first-order chi connectivity index (χ1) is 7.70. The van der Waals surface area contributed by atoms with Crippen molar-refractivity contribution in [2.24, 2.45) is 0 Å². The number of carbonyl (C=O) groups excluding carboxylic acids is 1. The van der Waals surface area contributed by atoms with Crippen molar-refractivity contribution in [1.82, 2.24) is 4.90 Å². The largest absolute Gasteiger partial charge is 0.339 e. The van der Waals surface area contributed by atoms with E-state index in [4.69, 9.17) is 2.74 Å². The minimum absolute atomic E-state index is 0.0717. The van der Waals surface area contributed by atoms with E-state index in [0.717, 1.165) is 5.56 Å². The lowest BCUT2D eigenvalue weighted by atomic mass is 10.1. The SMILES string of the molecule is [2H]CCN(CC[2H])C(=O)c1ccccc1C. The summed E-state index contributed by atoms with van der Waals surface area (Å²) in [7, 11) is 0. The molecule has 14 heavy (non-hydrogen) atoms. The minimum Gasteiger partial charge on any atom is -0.339 e. The number of aryl methyl sites for hydroxylation is 1. The van der Waals surface area contributed by atoms with Gasteiger partial charge >= 0.3 is 0 Å². The summed E-state index contributed by atoms with van der Waals surface area (Å²) in [6.45, 7) is 3.04. The van der Waals surface area contributed by atoms with Gasteiger partial charge in [-0.2, -0.15) is 0 Å². The molecule has 0 saturated carbocycles. The Bertz CT molecular complexity index is 349. The number of hydrogen-bond acceptors (Lipinski definition) is 1. The molecular formula is C12H17NO. The Balaban J connectivity index is 2.85. The molecule has 0 bridgehead atoms. The third-order valence-electron chi connectivity index (χ3n) is 2.20. The van der Waals surface area contributed by atoms with Gasteiger partial charge in [0.2, 0.25) is 0 Å². The highest BCUT2D eigenvalue weighted by Gasteiger charge is 2.13. The fraction of sp³-hybridized carbons (Fsp3) is 0.417. The molecule has 1 aromatic carbocycles.